The highest BCUT2D eigenvalue weighted by Gasteiger charge is 2.09. The third-order valence-electron chi connectivity index (χ3n) is 3.62. The molecule has 0 amide bonds. The average molecular weight is 326 g/mol. The summed E-state index contributed by atoms with van der Waals surface area (Å²) in [5, 5.41) is 28.8. The molecule has 0 unspecified atom stereocenters. The summed E-state index contributed by atoms with van der Waals surface area (Å²) >= 11 is 0. The number of rotatable bonds is 5. The van der Waals surface area contributed by atoms with Crippen LogP contribution < -0.4 is 4.74 Å². The Morgan fingerprint density at radius 3 is 2.38 bits per heavy atom. The van der Waals surface area contributed by atoms with Gasteiger partial charge in [0.1, 0.15) is 11.5 Å². The lowest BCUT2D eigenvalue weighted by atomic mass is 10.00. The molecule has 24 heavy (non-hydrogen) atoms. The van der Waals surface area contributed by atoms with Crippen LogP contribution in [0.1, 0.15) is 30.5 Å². The molecule has 0 atom stereocenters. The summed E-state index contributed by atoms with van der Waals surface area (Å²) in [5.41, 5.74) is 3.73. The van der Waals surface area contributed by atoms with Gasteiger partial charge in [-0.25, -0.2) is 0 Å². The topological polar surface area (TPSA) is 69.9 Å². The van der Waals surface area contributed by atoms with E-state index in [0.29, 0.717) is 12.2 Å². The highest BCUT2D eigenvalue weighted by molar-refractivity contribution is 5.74. The fourth-order valence-corrected chi connectivity index (χ4v) is 2.34. The number of phenols is 3. The molecule has 0 radical (unpaired) electrons. The maximum atomic E-state index is 9.90. The second-order valence-corrected chi connectivity index (χ2v) is 5.78. The van der Waals surface area contributed by atoms with Crippen LogP contribution in [0.5, 0.6) is 23.0 Å². The van der Waals surface area contributed by atoms with Crippen LogP contribution in [0.15, 0.2) is 42.0 Å². The molecular formula is C20H22O4. The van der Waals surface area contributed by atoms with E-state index in [4.69, 9.17) is 4.74 Å². The maximum Gasteiger partial charge on any atom is 0.157 e. The van der Waals surface area contributed by atoms with E-state index in [1.165, 1.54) is 17.7 Å². The Labute approximate surface area is 142 Å². The average Bonchev–Trinajstić information content (AvgIpc) is 2.54. The molecular weight excluding hydrogens is 304 g/mol. The summed E-state index contributed by atoms with van der Waals surface area (Å²) in [6.45, 7) is 4.06. The zero-order valence-electron chi connectivity index (χ0n) is 14.1. The van der Waals surface area contributed by atoms with Crippen molar-refractivity contribution in [3.05, 3.63) is 58.7 Å². The molecule has 2 aromatic rings. The van der Waals surface area contributed by atoms with Crippen LogP contribution >= 0.6 is 0 Å². The SMILES string of the molecule is COc1cc(O)cc(C=Cc2ccc(O)c(O)c2)c1CC=C(C)C. The molecule has 0 aliphatic heterocycles. The molecule has 4 heteroatoms. The predicted molar refractivity (Wildman–Crippen MR) is 96.5 cm³/mol. The molecule has 0 bridgehead atoms. The Morgan fingerprint density at radius 2 is 1.75 bits per heavy atom. The highest BCUT2D eigenvalue weighted by atomic mass is 16.5. The van der Waals surface area contributed by atoms with E-state index in [0.717, 1.165) is 16.7 Å². The van der Waals surface area contributed by atoms with E-state index in [-0.39, 0.29) is 17.2 Å². The monoisotopic (exact) mass is 326 g/mol. The molecule has 3 N–H and O–H groups in total. The van der Waals surface area contributed by atoms with Crippen molar-refractivity contribution in [1.82, 2.24) is 0 Å². The van der Waals surface area contributed by atoms with Gasteiger partial charge in [-0.1, -0.05) is 29.9 Å². The zero-order chi connectivity index (χ0) is 17.7. The Balaban J connectivity index is 2.43. The van der Waals surface area contributed by atoms with Gasteiger partial charge in [0, 0.05) is 11.6 Å². The second-order valence-electron chi connectivity index (χ2n) is 5.78. The molecule has 0 aromatic heterocycles. The molecule has 2 rings (SSSR count). The van der Waals surface area contributed by atoms with Gasteiger partial charge in [0.2, 0.25) is 0 Å². The van der Waals surface area contributed by atoms with Crippen molar-refractivity contribution in [3.8, 4) is 23.0 Å². The predicted octanol–water partition coefficient (Wildman–Crippen LogP) is 4.49. The largest absolute Gasteiger partial charge is 0.508 e. The minimum atomic E-state index is -0.171. The van der Waals surface area contributed by atoms with E-state index in [1.807, 2.05) is 19.9 Å². The third-order valence-corrected chi connectivity index (χ3v) is 3.62. The van der Waals surface area contributed by atoms with Crippen molar-refractivity contribution >= 4 is 12.2 Å². The second kappa shape index (κ2) is 7.59. The van der Waals surface area contributed by atoms with Crippen LogP contribution in [0.4, 0.5) is 0 Å². The van der Waals surface area contributed by atoms with Crippen LogP contribution in [0.25, 0.3) is 12.2 Å². The fourth-order valence-electron chi connectivity index (χ4n) is 2.34. The normalized spacial score (nSPS) is 10.8. The number of phenolic OH excluding ortho intramolecular Hbond substituents is 3. The number of methoxy groups -OCH3 is 1. The lowest BCUT2D eigenvalue weighted by Crippen LogP contribution is -1.95. The Kier molecular flexibility index (Phi) is 5.53. The summed E-state index contributed by atoms with van der Waals surface area (Å²) in [4.78, 5) is 0. The minimum Gasteiger partial charge on any atom is -0.508 e. The van der Waals surface area contributed by atoms with Gasteiger partial charge >= 0.3 is 0 Å². The molecule has 0 aliphatic carbocycles. The summed E-state index contributed by atoms with van der Waals surface area (Å²) < 4.78 is 5.39. The molecule has 4 nitrogen and oxygen atoms in total. The van der Waals surface area contributed by atoms with Crippen molar-refractivity contribution < 1.29 is 20.1 Å². The number of hydrogen-bond acceptors (Lipinski definition) is 4. The summed E-state index contributed by atoms with van der Waals surface area (Å²) in [6.07, 6.45) is 6.44. The number of allylic oxidation sites excluding steroid dienone is 2. The minimum absolute atomic E-state index is 0.126. The first-order chi connectivity index (χ1) is 11.4. The first kappa shape index (κ1) is 17.5. The van der Waals surface area contributed by atoms with Crippen molar-refractivity contribution in [2.45, 2.75) is 20.3 Å². The Bertz CT molecular complexity index is 784. The van der Waals surface area contributed by atoms with E-state index in [2.05, 4.69) is 6.08 Å². The van der Waals surface area contributed by atoms with E-state index < -0.39 is 0 Å². The molecule has 0 fully saturated rings. The number of ether oxygens (including phenoxy) is 1. The standard InChI is InChI=1S/C20H22O4/c1-13(2)4-8-17-15(11-16(21)12-20(17)24-3)7-5-14-6-9-18(22)19(23)10-14/h4-7,9-12,21-23H,8H2,1-3H3. The van der Waals surface area contributed by atoms with Gasteiger partial charge in [-0.15, -0.1) is 0 Å². The number of hydrogen-bond donors (Lipinski definition) is 3. The number of benzene rings is 2. The fraction of sp³-hybridized carbons (Fsp3) is 0.200. The van der Waals surface area contributed by atoms with Gasteiger partial charge in [0.15, 0.2) is 11.5 Å². The maximum absolute atomic E-state index is 9.90. The van der Waals surface area contributed by atoms with Crippen LogP contribution in [-0.4, -0.2) is 22.4 Å². The Hall–Kier alpha value is -2.88. The molecule has 0 spiro atoms. The van der Waals surface area contributed by atoms with Crippen LogP contribution in [0.2, 0.25) is 0 Å². The van der Waals surface area contributed by atoms with Crippen molar-refractivity contribution in [1.29, 1.82) is 0 Å². The molecule has 126 valence electrons. The summed E-state index contributed by atoms with van der Waals surface area (Å²) in [6, 6.07) is 7.87. The highest BCUT2D eigenvalue weighted by Crippen LogP contribution is 2.31. The van der Waals surface area contributed by atoms with Gasteiger partial charge in [0.25, 0.3) is 0 Å². The van der Waals surface area contributed by atoms with E-state index in [9.17, 15) is 15.3 Å². The van der Waals surface area contributed by atoms with Crippen LogP contribution in [0, 0.1) is 0 Å². The van der Waals surface area contributed by atoms with E-state index >= 15 is 0 Å². The molecule has 0 saturated carbocycles. The third kappa shape index (κ3) is 4.32. The quantitative estimate of drug-likeness (QED) is 0.430. The summed E-state index contributed by atoms with van der Waals surface area (Å²) in [5.74, 6) is 0.424. The lowest BCUT2D eigenvalue weighted by molar-refractivity contribution is 0.403. The van der Waals surface area contributed by atoms with E-state index in [1.54, 1.807) is 31.4 Å². The van der Waals surface area contributed by atoms with Crippen molar-refractivity contribution in [2.75, 3.05) is 7.11 Å². The Morgan fingerprint density at radius 1 is 1.00 bits per heavy atom. The van der Waals surface area contributed by atoms with Gasteiger partial charge in [-0.2, -0.15) is 0 Å². The van der Waals surface area contributed by atoms with Crippen molar-refractivity contribution in [3.63, 3.8) is 0 Å². The van der Waals surface area contributed by atoms with Crippen LogP contribution in [0.3, 0.4) is 0 Å². The lowest BCUT2D eigenvalue weighted by Gasteiger charge is -2.12. The van der Waals surface area contributed by atoms with Gasteiger partial charge in [0.05, 0.1) is 7.11 Å². The number of aromatic hydroxyl groups is 3. The van der Waals surface area contributed by atoms with Crippen LogP contribution in [-0.2, 0) is 6.42 Å². The molecule has 0 heterocycles. The van der Waals surface area contributed by atoms with Crippen molar-refractivity contribution in [2.24, 2.45) is 0 Å². The smallest absolute Gasteiger partial charge is 0.157 e. The van der Waals surface area contributed by atoms with Gasteiger partial charge < -0.3 is 20.1 Å². The zero-order valence-corrected chi connectivity index (χ0v) is 14.1. The molecule has 0 aliphatic rings. The first-order valence-electron chi connectivity index (χ1n) is 7.64. The molecule has 2 aromatic carbocycles. The molecule has 0 saturated heterocycles. The van der Waals surface area contributed by atoms with Gasteiger partial charge in [-0.3, -0.25) is 0 Å². The first-order valence-corrected chi connectivity index (χ1v) is 7.64. The summed E-state index contributed by atoms with van der Waals surface area (Å²) in [7, 11) is 1.58. The van der Waals surface area contributed by atoms with Gasteiger partial charge in [-0.05, 0) is 49.6 Å².